The summed E-state index contributed by atoms with van der Waals surface area (Å²) in [7, 11) is 0. The van der Waals surface area contributed by atoms with E-state index in [4.69, 9.17) is 0 Å². The Morgan fingerprint density at radius 2 is 2.29 bits per heavy atom. The molecule has 21 heavy (non-hydrogen) atoms. The molecule has 0 saturated heterocycles. The molecular formula is C17H23N3S. The number of fused-ring (bicyclic) bond motifs is 1. The molecule has 4 heteroatoms. The number of thiophene rings is 1. The Hall–Kier alpha value is -1.23. The molecule has 0 aromatic carbocycles. The highest BCUT2D eigenvalue weighted by molar-refractivity contribution is 7.10. The first-order valence-corrected chi connectivity index (χ1v) is 8.60. The maximum absolute atomic E-state index is 4.62. The Morgan fingerprint density at radius 3 is 3.05 bits per heavy atom. The van der Waals surface area contributed by atoms with Gasteiger partial charge in [0.05, 0.1) is 5.69 Å². The molecule has 0 fully saturated rings. The van der Waals surface area contributed by atoms with Gasteiger partial charge < -0.3 is 5.32 Å². The number of aromatic nitrogens is 1. The maximum atomic E-state index is 4.62. The predicted molar refractivity (Wildman–Crippen MR) is 88.5 cm³/mol. The highest BCUT2D eigenvalue weighted by Crippen LogP contribution is 2.33. The van der Waals surface area contributed by atoms with Crippen molar-refractivity contribution in [2.75, 3.05) is 13.1 Å². The third-order valence-electron chi connectivity index (χ3n) is 4.23. The number of hydrogen-bond donors (Lipinski definition) is 1. The van der Waals surface area contributed by atoms with Crippen LogP contribution in [-0.4, -0.2) is 23.0 Å². The van der Waals surface area contributed by atoms with Crippen molar-refractivity contribution < 1.29 is 0 Å². The van der Waals surface area contributed by atoms with Crippen molar-refractivity contribution in [2.24, 2.45) is 0 Å². The highest BCUT2D eigenvalue weighted by atomic mass is 32.1. The van der Waals surface area contributed by atoms with Crippen LogP contribution in [0.5, 0.6) is 0 Å². The van der Waals surface area contributed by atoms with Crippen LogP contribution in [0.25, 0.3) is 0 Å². The van der Waals surface area contributed by atoms with Crippen LogP contribution >= 0.6 is 11.3 Å². The standard InChI is InChI=1S/C17H23N3S/c1-3-18-10-14-4-5-15(19-11-14)12-20-8-6-17-16(13(20)2)7-9-21-17/h4-5,7,9,11,13,18H,3,6,8,10,12H2,1-2H3. The Balaban J connectivity index is 1.64. The highest BCUT2D eigenvalue weighted by Gasteiger charge is 2.24. The molecule has 0 saturated carbocycles. The molecule has 0 spiro atoms. The lowest BCUT2D eigenvalue weighted by molar-refractivity contribution is 0.189. The van der Waals surface area contributed by atoms with Crippen LogP contribution in [0.3, 0.4) is 0 Å². The number of rotatable bonds is 5. The van der Waals surface area contributed by atoms with Crippen molar-refractivity contribution in [3.8, 4) is 0 Å². The molecule has 0 bridgehead atoms. The van der Waals surface area contributed by atoms with Crippen LogP contribution in [0.4, 0.5) is 0 Å². The predicted octanol–water partition coefficient (Wildman–Crippen LogP) is 3.37. The lowest BCUT2D eigenvalue weighted by Gasteiger charge is -2.33. The van der Waals surface area contributed by atoms with Gasteiger partial charge in [-0.3, -0.25) is 9.88 Å². The van der Waals surface area contributed by atoms with Gasteiger partial charge in [-0.15, -0.1) is 11.3 Å². The van der Waals surface area contributed by atoms with Crippen molar-refractivity contribution in [1.82, 2.24) is 15.2 Å². The molecule has 3 rings (SSSR count). The van der Waals surface area contributed by atoms with Gasteiger partial charge in [-0.05, 0) is 48.5 Å². The molecule has 1 N–H and O–H groups in total. The van der Waals surface area contributed by atoms with Gasteiger partial charge in [0.15, 0.2) is 0 Å². The molecular weight excluding hydrogens is 278 g/mol. The number of nitrogens with one attached hydrogen (secondary N) is 1. The van der Waals surface area contributed by atoms with Crippen LogP contribution in [-0.2, 0) is 19.5 Å². The molecule has 3 heterocycles. The summed E-state index contributed by atoms with van der Waals surface area (Å²) >= 11 is 1.90. The van der Waals surface area contributed by atoms with E-state index in [-0.39, 0.29) is 0 Å². The summed E-state index contributed by atoms with van der Waals surface area (Å²) < 4.78 is 0. The lowest BCUT2D eigenvalue weighted by Crippen LogP contribution is -2.32. The molecule has 2 aromatic heterocycles. The average Bonchev–Trinajstić information content (AvgIpc) is 2.99. The maximum Gasteiger partial charge on any atom is 0.0544 e. The Bertz CT molecular complexity index is 576. The summed E-state index contributed by atoms with van der Waals surface area (Å²) in [5.74, 6) is 0. The second-order valence-electron chi connectivity index (χ2n) is 5.63. The minimum absolute atomic E-state index is 0.503. The number of pyridine rings is 1. The first kappa shape index (κ1) is 14.7. The summed E-state index contributed by atoms with van der Waals surface area (Å²) in [4.78, 5) is 8.72. The van der Waals surface area contributed by atoms with Crippen molar-refractivity contribution in [2.45, 2.75) is 39.4 Å². The molecule has 2 aromatic rings. The van der Waals surface area contributed by atoms with Gasteiger partial charge in [-0.2, -0.15) is 0 Å². The van der Waals surface area contributed by atoms with Crippen molar-refractivity contribution in [3.05, 3.63) is 51.5 Å². The largest absolute Gasteiger partial charge is 0.313 e. The minimum Gasteiger partial charge on any atom is -0.313 e. The molecule has 112 valence electrons. The fraction of sp³-hybridized carbons (Fsp3) is 0.471. The van der Waals surface area contributed by atoms with Crippen LogP contribution in [0.15, 0.2) is 29.8 Å². The summed E-state index contributed by atoms with van der Waals surface area (Å²) in [6.07, 6.45) is 3.18. The van der Waals surface area contributed by atoms with E-state index in [2.05, 4.69) is 52.6 Å². The van der Waals surface area contributed by atoms with E-state index < -0.39 is 0 Å². The van der Waals surface area contributed by atoms with Gasteiger partial charge in [0.25, 0.3) is 0 Å². The van der Waals surface area contributed by atoms with Crippen molar-refractivity contribution in [1.29, 1.82) is 0 Å². The smallest absolute Gasteiger partial charge is 0.0544 e. The van der Waals surface area contributed by atoms with Crippen LogP contribution in [0.1, 0.15) is 41.6 Å². The van der Waals surface area contributed by atoms with Gasteiger partial charge in [0.2, 0.25) is 0 Å². The van der Waals surface area contributed by atoms with E-state index in [0.29, 0.717) is 6.04 Å². The SMILES string of the molecule is CCNCc1ccc(CN2CCc3sccc3C2C)nc1. The Kier molecular flexibility index (Phi) is 4.68. The Labute approximate surface area is 131 Å². The second kappa shape index (κ2) is 6.69. The summed E-state index contributed by atoms with van der Waals surface area (Å²) in [5, 5.41) is 5.55. The zero-order chi connectivity index (χ0) is 14.7. The van der Waals surface area contributed by atoms with Gasteiger partial charge >= 0.3 is 0 Å². The van der Waals surface area contributed by atoms with Crippen molar-refractivity contribution in [3.63, 3.8) is 0 Å². The fourth-order valence-corrected chi connectivity index (χ4v) is 3.87. The number of hydrogen-bond acceptors (Lipinski definition) is 4. The lowest BCUT2D eigenvalue weighted by atomic mass is 10.0. The van der Waals surface area contributed by atoms with E-state index in [1.54, 1.807) is 4.88 Å². The number of nitrogens with zero attached hydrogens (tertiary/aromatic N) is 2. The van der Waals surface area contributed by atoms with Gasteiger partial charge in [0, 0.05) is 36.8 Å². The van der Waals surface area contributed by atoms with E-state index in [0.717, 1.165) is 26.2 Å². The normalized spacial score (nSPS) is 18.7. The quantitative estimate of drug-likeness (QED) is 0.918. The second-order valence-corrected chi connectivity index (χ2v) is 6.63. The molecule has 0 amide bonds. The topological polar surface area (TPSA) is 28.2 Å². The summed E-state index contributed by atoms with van der Waals surface area (Å²) in [6, 6.07) is 7.14. The van der Waals surface area contributed by atoms with E-state index in [1.807, 2.05) is 17.5 Å². The van der Waals surface area contributed by atoms with Crippen molar-refractivity contribution >= 4 is 11.3 Å². The fourth-order valence-electron chi connectivity index (χ4n) is 2.91. The molecule has 1 aliphatic rings. The molecule has 0 radical (unpaired) electrons. The van der Waals surface area contributed by atoms with Crippen LogP contribution in [0, 0.1) is 0 Å². The zero-order valence-electron chi connectivity index (χ0n) is 12.8. The third-order valence-corrected chi connectivity index (χ3v) is 5.23. The monoisotopic (exact) mass is 301 g/mol. The van der Waals surface area contributed by atoms with E-state index in [1.165, 1.54) is 23.2 Å². The van der Waals surface area contributed by atoms with Crippen LogP contribution < -0.4 is 5.32 Å². The van der Waals surface area contributed by atoms with Crippen LogP contribution in [0.2, 0.25) is 0 Å². The molecule has 1 unspecified atom stereocenters. The zero-order valence-corrected chi connectivity index (χ0v) is 13.6. The van der Waals surface area contributed by atoms with Gasteiger partial charge in [-0.25, -0.2) is 0 Å². The first-order chi connectivity index (χ1) is 10.3. The summed E-state index contributed by atoms with van der Waals surface area (Å²) in [5.41, 5.74) is 3.93. The van der Waals surface area contributed by atoms with E-state index >= 15 is 0 Å². The molecule has 1 atom stereocenters. The molecule has 3 nitrogen and oxygen atoms in total. The first-order valence-electron chi connectivity index (χ1n) is 7.72. The third kappa shape index (κ3) is 3.34. The molecule has 1 aliphatic heterocycles. The summed E-state index contributed by atoms with van der Waals surface area (Å²) in [6.45, 7) is 8.41. The Morgan fingerprint density at radius 1 is 1.38 bits per heavy atom. The van der Waals surface area contributed by atoms with Gasteiger partial charge in [0.1, 0.15) is 0 Å². The van der Waals surface area contributed by atoms with Gasteiger partial charge in [-0.1, -0.05) is 13.0 Å². The van der Waals surface area contributed by atoms with E-state index in [9.17, 15) is 0 Å². The minimum atomic E-state index is 0.503. The average molecular weight is 301 g/mol. The molecule has 0 aliphatic carbocycles.